The maximum absolute atomic E-state index is 10.3. The van der Waals surface area contributed by atoms with E-state index in [0.717, 1.165) is 10.9 Å². The minimum Gasteiger partial charge on any atom is -0.493 e. The van der Waals surface area contributed by atoms with E-state index in [1.807, 2.05) is 33.8 Å². The minimum absolute atomic E-state index is 0.0340. The molecule has 130 valence electrons. The molecule has 5 N–H and O–H groups in total. The standard InChI is InChI=1S/C19H26N2O3/c1-10(2)16(22)7-6-13-14(20)8-12-9-15(18(23)11(3)4)21-17(12)19(13)24-5/h8-11,16,18,21-23H,20H2,1-5H3/t16-,18+/m0/s1. The summed E-state index contributed by atoms with van der Waals surface area (Å²) in [5, 5.41) is 21.0. The number of hydrogen-bond acceptors (Lipinski definition) is 4. The number of hydrogen-bond donors (Lipinski definition) is 4. The average Bonchev–Trinajstić information content (AvgIpc) is 2.94. The first-order chi connectivity index (χ1) is 11.3. The molecule has 0 amide bonds. The van der Waals surface area contributed by atoms with Crippen LogP contribution in [0.25, 0.3) is 10.9 Å². The lowest BCUT2D eigenvalue weighted by molar-refractivity contribution is 0.123. The van der Waals surface area contributed by atoms with Crippen molar-refractivity contribution in [1.82, 2.24) is 4.98 Å². The number of nitrogens with one attached hydrogen (secondary N) is 1. The molecule has 2 rings (SSSR count). The van der Waals surface area contributed by atoms with E-state index < -0.39 is 12.2 Å². The molecular formula is C19H26N2O3. The van der Waals surface area contributed by atoms with Crippen LogP contribution >= 0.6 is 0 Å². The SMILES string of the molecule is COc1c(C#C[C@H](O)C(C)C)c(N)cc2cc([C@H](O)C(C)C)[nH]c12. The summed E-state index contributed by atoms with van der Waals surface area (Å²) in [6.07, 6.45) is -1.33. The van der Waals surface area contributed by atoms with Crippen LogP contribution in [0.3, 0.4) is 0 Å². The number of rotatable bonds is 4. The van der Waals surface area contributed by atoms with Crippen molar-refractivity contribution in [3.8, 4) is 17.6 Å². The van der Waals surface area contributed by atoms with E-state index >= 15 is 0 Å². The third-order valence-corrected chi connectivity index (χ3v) is 4.05. The number of aromatic nitrogens is 1. The van der Waals surface area contributed by atoms with Crippen LogP contribution in [-0.2, 0) is 0 Å². The lowest BCUT2D eigenvalue weighted by Crippen LogP contribution is -2.11. The Labute approximate surface area is 142 Å². The number of anilines is 1. The number of methoxy groups -OCH3 is 1. The number of benzene rings is 1. The molecule has 1 heterocycles. The van der Waals surface area contributed by atoms with Crippen molar-refractivity contribution in [2.45, 2.75) is 39.9 Å². The van der Waals surface area contributed by atoms with Gasteiger partial charge in [0.25, 0.3) is 0 Å². The number of aromatic amines is 1. The summed E-state index contributed by atoms with van der Waals surface area (Å²) in [4.78, 5) is 3.21. The van der Waals surface area contributed by atoms with E-state index in [9.17, 15) is 10.2 Å². The van der Waals surface area contributed by atoms with Crippen molar-refractivity contribution in [2.24, 2.45) is 11.8 Å². The van der Waals surface area contributed by atoms with E-state index in [4.69, 9.17) is 10.5 Å². The molecule has 0 radical (unpaired) electrons. The Morgan fingerprint density at radius 1 is 1.12 bits per heavy atom. The predicted molar refractivity (Wildman–Crippen MR) is 96.8 cm³/mol. The molecule has 5 nitrogen and oxygen atoms in total. The Balaban J connectivity index is 2.59. The van der Waals surface area contributed by atoms with Gasteiger partial charge < -0.3 is 25.7 Å². The van der Waals surface area contributed by atoms with Crippen LogP contribution in [0.1, 0.15) is 45.1 Å². The van der Waals surface area contributed by atoms with E-state index in [1.54, 1.807) is 13.2 Å². The number of fused-ring (bicyclic) bond motifs is 1. The van der Waals surface area contributed by atoms with Crippen molar-refractivity contribution >= 4 is 16.6 Å². The van der Waals surface area contributed by atoms with Gasteiger partial charge in [-0.1, -0.05) is 39.5 Å². The van der Waals surface area contributed by atoms with Gasteiger partial charge in [0.1, 0.15) is 6.10 Å². The second-order valence-corrected chi connectivity index (χ2v) is 6.71. The van der Waals surface area contributed by atoms with E-state index in [2.05, 4.69) is 16.8 Å². The zero-order chi connectivity index (χ0) is 18.0. The number of aliphatic hydroxyl groups excluding tert-OH is 2. The molecular weight excluding hydrogens is 304 g/mol. The summed E-state index contributed by atoms with van der Waals surface area (Å²) in [6, 6.07) is 3.68. The molecule has 0 aliphatic carbocycles. The number of ether oxygens (including phenoxy) is 1. The second kappa shape index (κ2) is 7.16. The highest BCUT2D eigenvalue weighted by atomic mass is 16.5. The van der Waals surface area contributed by atoms with Crippen LogP contribution in [-0.4, -0.2) is 28.4 Å². The van der Waals surface area contributed by atoms with Crippen LogP contribution in [0.2, 0.25) is 0 Å². The molecule has 0 fully saturated rings. The first-order valence-electron chi connectivity index (χ1n) is 8.13. The van der Waals surface area contributed by atoms with Gasteiger partial charge in [0, 0.05) is 11.1 Å². The molecule has 2 aromatic rings. The number of nitrogen functional groups attached to an aromatic ring is 1. The van der Waals surface area contributed by atoms with Gasteiger partial charge in [0.2, 0.25) is 0 Å². The quantitative estimate of drug-likeness (QED) is 0.512. The van der Waals surface area contributed by atoms with Gasteiger partial charge in [-0.2, -0.15) is 0 Å². The van der Waals surface area contributed by atoms with Gasteiger partial charge in [-0.25, -0.2) is 0 Å². The van der Waals surface area contributed by atoms with Crippen molar-refractivity contribution < 1.29 is 14.9 Å². The number of H-pyrrole nitrogens is 1. The van der Waals surface area contributed by atoms with E-state index in [1.165, 1.54) is 0 Å². The lowest BCUT2D eigenvalue weighted by atomic mass is 10.0. The van der Waals surface area contributed by atoms with Crippen LogP contribution in [0.5, 0.6) is 5.75 Å². The predicted octanol–water partition coefficient (Wildman–Crippen LogP) is 2.82. The molecule has 0 unspecified atom stereocenters. The molecule has 0 aliphatic rings. The highest BCUT2D eigenvalue weighted by molar-refractivity contribution is 5.93. The van der Waals surface area contributed by atoms with Gasteiger partial charge in [-0.05, 0) is 24.0 Å². The Morgan fingerprint density at radius 3 is 2.33 bits per heavy atom. The van der Waals surface area contributed by atoms with Gasteiger partial charge in [-0.15, -0.1) is 0 Å². The Kier molecular flexibility index (Phi) is 5.43. The minimum atomic E-state index is -0.730. The van der Waals surface area contributed by atoms with Crippen molar-refractivity contribution in [3.05, 3.63) is 23.4 Å². The Hall–Kier alpha value is -2.16. The highest BCUT2D eigenvalue weighted by Crippen LogP contribution is 2.35. The van der Waals surface area contributed by atoms with Gasteiger partial charge >= 0.3 is 0 Å². The molecule has 1 aromatic heterocycles. The Bertz CT molecular complexity index is 781. The van der Waals surface area contributed by atoms with E-state index in [-0.39, 0.29) is 11.8 Å². The Morgan fingerprint density at radius 2 is 1.79 bits per heavy atom. The molecule has 0 saturated carbocycles. The fourth-order valence-corrected chi connectivity index (χ4v) is 2.45. The first kappa shape index (κ1) is 18.2. The summed E-state index contributed by atoms with van der Waals surface area (Å²) >= 11 is 0. The molecule has 24 heavy (non-hydrogen) atoms. The first-order valence-corrected chi connectivity index (χ1v) is 8.13. The third-order valence-electron chi connectivity index (χ3n) is 4.05. The van der Waals surface area contributed by atoms with Crippen molar-refractivity contribution in [3.63, 3.8) is 0 Å². The largest absolute Gasteiger partial charge is 0.493 e. The fraction of sp³-hybridized carbons (Fsp3) is 0.474. The molecule has 0 aliphatic heterocycles. The van der Waals surface area contributed by atoms with Crippen LogP contribution in [0, 0.1) is 23.7 Å². The zero-order valence-electron chi connectivity index (χ0n) is 14.8. The second-order valence-electron chi connectivity index (χ2n) is 6.71. The maximum Gasteiger partial charge on any atom is 0.160 e. The summed E-state index contributed by atoms with van der Waals surface area (Å²) < 4.78 is 5.51. The van der Waals surface area contributed by atoms with Gasteiger partial charge in [0.05, 0.1) is 30.0 Å². The van der Waals surface area contributed by atoms with Crippen LogP contribution < -0.4 is 10.5 Å². The monoisotopic (exact) mass is 330 g/mol. The lowest BCUT2D eigenvalue weighted by Gasteiger charge is -2.12. The smallest absolute Gasteiger partial charge is 0.160 e. The number of nitrogens with two attached hydrogens (primary N) is 1. The third kappa shape index (κ3) is 3.50. The molecule has 0 bridgehead atoms. The molecule has 2 atom stereocenters. The van der Waals surface area contributed by atoms with Crippen molar-refractivity contribution in [2.75, 3.05) is 12.8 Å². The molecule has 5 heteroatoms. The van der Waals surface area contributed by atoms with Gasteiger partial charge in [0.15, 0.2) is 5.75 Å². The molecule has 0 saturated heterocycles. The molecule has 0 spiro atoms. The fourth-order valence-electron chi connectivity index (χ4n) is 2.45. The number of aliphatic hydroxyl groups is 2. The van der Waals surface area contributed by atoms with Crippen molar-refractivity contribution in [1.29, 1.82) is 0 Å². The van der Waals surface area contributed by atoms with E-state index in [0.29, 0.717) is 22.7 Å². The highest BCUT2D eigenvalue weighted by Gasteiger charge is 2.19. The van der Waals surface area contributed by atoms with Crippen LogP contribution in [0.4, 0.5) is 5.69 Å². The topological polar surface area (TPSA) is 91.5 Å². The maximum atomic E-state index is 10.3. The van der Waals surface area contributed by atoms with Crippen LogP contribution in [0.15, 0.2) is 12.1 Å². The average molecular weight is 330 g/mol. The summed E-state index contributed by atoms with van der Waals surface area (Å²) in [5.74, 6) is 6.39. The summed E-state index contributed by atoms with van der Waals surface area (Å²) in [7, 11) is 1.55. The summed E-state index contributed by atoms with van der Waals surface area (Å²) in [5.41, 5.74) is 8.60. The normalized spacial score (nSPS) is 13.9. The van der Waals surface area contributed by atoms with Gasteiger partial charge in [-0.3, -0.25) is 0 Å². The zero-order valence-corrected chi connectivity index (χ0v) is 14.8. The summed E-state index contributed by atoms with van der Waals surface area (Å²) in [6.45, 7) is 7.69. The molecule has 1 aromatic carbocycles.